The van der Waals surface area contributed by atoms with E-state index in [1.165, 1.54) is 0 Å². The Hall–Kier alpha value is -1.39. The van der Waals surface area contributed by atoms with E-state index in [2.05, 4.69) is 36.4 Å². The van der Waals surface area contributed by atoms with Crippen LogP contribution in [0.25, 0.3) is 0 Å². The molecule has 0 spiro atoms. The van der Waals surface area contributed by atoms with Gasteiger partial charge in [-0.3, -0.25) is 0 Å². The summed E-state index contributed by atoms with van der Waals surface area (Å²) in [5, 5.41) is 0. The Balaban J connectivity index is 0.000000249. The molecule has 0 unspecified atom stereocenters. The average Bonchev–Trinajstić information content (AvgIpc) is 2.54. The Kier molecular flexibility index (Phi) is 13.6. The molecular formula is C18H18Pt. The van der Waals surface area contributed by atoms with Crippen molar-refractivity contribution in [3.05, 3.63) is 97.1 Å². The maximum atomic E-state index is 2.89. The van der Waals surface area contributed by atoms with Crippen LogP contribution in [0.1, 0.15) is 12.8 Å². The first-order chi connectivity index (χ1) is 9.00. The summed E-state index contributed by atoms with van der Waals surface area (Å²) in [6.07, 6.45) is 11.0. The molecule has 2 aromatic rings. The van der Waals surface area contributed by atoms with Crippen LogP contribution in [0.15, 0.2) is 85.0 Å². The van der Waals surface area contributed by atoms with Crippen LogP contribution in [-0.4, -0.2) is 0 Å². The molecular weight excluding hydrogens is 411 g/mol. The minimum absolute atomic E-state index is 0. The van der Waals surface area contributed by atoms with Crippen molar-refractivity contribution in [1.29, 1.82) is 0 Å². The first-order valence-corrected chi connectivity index (χ1v) is 6.12. The van der Waals surface area contributed by atoms with Gasteiger partial charge in [0, 0.05) is 0 Å². The molecule has 0 amide bonds. The van der Waals surface area contributed by atoms with E-state index in [0.29, 0.717) is 0 Å². The first kappa shape index (κ1) is 17.6. The van der Waals surface area contributed by atoms with Crippen LogP contribution in [0.2, 0.25) is 0 Å². The molecule has 0 saturated heterocycles. The zero-order chi connectivity index (χ0) is 12.7. The number of rotatable bonds is 0. The summed E-state index contributed by atoms with van der Waals surface area (Å²) >= 11 is 0. The van der Waals surface area contributed by atoms with E-state index in [1.54, 1.807) is 0 Å². The third-order valence-electron chi connectivity index (χ3n) is 2.09. The number of hydrogen-bond acceptors (Lipinski definition) is 0. The molecule has 0 fully saturated rings. The maximum Gasteiger partial charge on any atom is 2.00 e. The molecule has 0 atom stereocenters. The van der Waals surface area contributed by atoms with E-state index < -0.39 is 0 Å². The van der Waals surface area contributed by atoms with Crippen molar-refractivity contribution >= 4 is 0 Å². The predicted octanol–water partition coefficient (Wildman–Crippen LogP) is 4.86. The fourth-order valence-corrected chi connectivity index (χ4v) is 1.23. The average molecular weight is 429 g/mol. The summed E-state index contributed by atoms with van der Waals surface area (Å²) in [4.78, 5) is 0. The first-order valence-electron chi connectivity index (χ1n) is 6.12. The Labute approximate surface area is 131 Å². The molecule has 0 aromatic heterocycles. The van der Waals surface area contributed by atoms with Gasteiger partial charge >= 0.3 is 21.1 Å². The fraction of sp³-hybridized carbons (Fsp3) is 0.111. The van der Waals surface area contributed by atoms with Gasteiger partial charge in [-0.25, -0.2) is 0 Å². The van der Waals surface area contributed by atoms with Crippen LogP contribution in [0.5, 0.6) is 0 Å². The third kappa shape index (κ3) is 12.8. The molecule has 0 N–H and O–H groups in total. The van der Waals surface area contributed by atoms with Crippen LogP contribution >= 0.6 is 0 Å². The summed E-state index contributed by atoms with van der Waals surface area (Å²) in [7, 11) is 0. The van der Waals surface area contributed by atoms with E-state index >= 15 is 0 Å². The van der Waals surface area contributed by atoms with E-state index in [9.17, 15) is 0 Å². The van der Waals surface area contributed by atoms with Crippen molar-refractivity contribution in [2.45, 2.75) is 12.8 Å². The molecule has 100 valence electrons. The second-order valence-electron chi connectivity index (χ2n) is 3.57. The Morgan fingerprint density at radius 2 is 0.789 bits per heavy atom. The largest absolute Gasteiger partial charge is 2.00 e. The normalized spacial score (nSPS) is 10.9. The minimum atomic E-state index is 0. The molecule has 2 aromatic carbocycles. The van der Waals surface area contributed by atoms with Gasteiger partial charge in [0.25, 0.3) is 0 Å². The van der Waals surface area contributed by atoms with Crippen molar-refractivity contribution in [3.63, 3.8) is 0 Å². The second-order valence-corrected chi connectivity index (χ2v) is 3.57. The Morgan fingerprint density at radius 1 is 0.474 bits per heavy atom. The molecule has 0 radical (unpaired) electrons. The van der Waals surface area contributed by atoms with E-state index in [-0.39, 0.29) is 21.1 Å². The standard InChI is InChI=1S/C6H8.2C6H5.Pt/c3*1-2-4-6-5-3-1;/h1-2,5-6H,3-4H2;2*1-5H;/q;2*-1;+2. The molecule has 0 saturated carbocycles. The van der Waals surface area contributed by atoms with Gasteiger partial charge in [-0.05, 0) is 12.8 Å². The predicted molar refractivity (Wildman–Crippen MR) is 78.1 cm³/mol. The molecule has 1 aliphatic rings. The molecule has 1 aliphatic carbocycles. The summed E-state index contributed by atoms with van der Waals surface area (Å²) in [5.74, 6) is 0. The number of hydrogen-bond donors (Lipinski definition) is 0. The van der Waals surface area contributed by atoms with Crippen molar-refractivity contribution in [2.75, 3.05) is 0 Å². The van der Waals surface area contributed by atoms with Gasteiger partial charge in [-0.2, -0.15) is 72.8 Å². The quantitative estimate of drug-likeness (QED) is 0.414. The monoisotopic (exact) mass is 429 g/mol. The Morgan fingerprint density at radius 3 is 0.895 bits per heavy atom. The Bertz CT molecular complexity index is 313. The van der Waals surface area contributed by atoms with E-state index in [1.807, 2.05) is 60.7 Å². The van der Waals surface area contributed by atoms with E-state index in [4.69, 9.17) is 0 Å². The van der Waals surface area contributed by atoms with Crippen LogP contribution in [0.3, 0.4) is 0 Å². The smallest absolute Gasteiger partial charge is 0.184 e. The van der Waals surface area contributed by atoms with Crippen LogP contribution in [0.4, 0.5) is 0 Å². The second kappa shape index (κ2) is 14.7. The number of allylic oxidation sites excluding steroid dienone is 4. The molecule has 1 heteroatoms. The van der Waals surface area contributed by atoms with Gasteiger partial charge in [0.05, 0.1) is 0 Å². The fourth-order valence-electron chi connectivity index (χ4n) is 1.23. The molecule has 0 aliphatic heterocycles. The van der Waals surface area contributed by atoms with Gasteiger partial charge < -0.3 is 0 Å². The van der Waals surface area contributed by atoms with Crippen molar-refractivity contribution in [2.24, 2.45) is 0 Å². The van der Waals surface area contributed by atoms with E-state index in [0.717, 1.165) is 12.8 Å². The van der Waals surface area contributed by atoms with Gasteiger partial charge in [-0.15, -0.1) is 0 Å². The topological polar surface area (TPSA) is 0 Å². The third-order valence-corrected chi connectivity index (χ3v) is 2.09. The molecule has 3 rings (SSSR count). The van der Waals surface area contributed by atoms with Crippen molar-refractivity contribution < 1.29 is 21.1 Å². The molecule has 0 bridgehead atoms. The molecule has 0 heterocycles. The van der Waals surface area contributed by atoms with Crippen molar-refractivity contribution in [3.8, 4) is 0 Å². The summed E-state index contributed by atoms with van der Waals surface area (Å²) in [6, 6.07) is 25.0. The van der Waals surface area contributed by atoms with Gasteiger partial charge in [-0.1, -0.05) is 24.3 Å². The van der Waals surface area contributed by atoms with Crippen LogP contribution in [-0.2, 0) is 21.1 Å². The SMILES string of the molecule is C1=CCC=CC1.[Pt+2].[c-]1ccccc1.[c-]1ccccc1. The molecule has 19 heavy (non-hydrogen) atoms. The minimum Gasteiger partial charge on any atom is -0.184 e. The zero-order valence-corrected chi connectivity index (χ0v) is 13.1. The molecule has 0 nitrogen and oxygen atoms in total. The summed E-state index contributed by atoms with van der Waals surface area (Å²) in [5.41, 5.74) is 0. The summed E-state index contributed by atoms with van der Waals surface area (Å²) < 4.78 is 0. The van der Waals surface area contributed by atoms with Gasteiger partial charge in [0.15, 0.2) is 0 Å². The van der Waals surface area contributed by atoms with Crippen LogP contribution < -0.4 is 0 Å². The van der Waals surface area contributed by atoms with Crippen LogP contribution in [0, 0.1) is 12.1 Å². The zero-order valence-electron chi connectivity index (χ0n) is 10.8. The summed E-state index contributed by atoms with van der Waals surface area (Å²) in [6.45, 7) is 0. The number of benzene rings is 2. The van der Waals surface area contributed by atoms with Gasteiger partial charge in [0.2, 0.25) is 0 Å². The van der Waals surface area contributed by atoms with Gasteiger partial charge in [0.1, 0.15) is 0 Å². The maximum absolute atomic E-state index is 2.89. The van der Waals surface area contributed by atoms with Crippen molar-refractivity contribution in [1.82, 2.24) is 0 Å².